The molecule has 0 aliphatic heterocycles. The van der Waals surface area contributed by atoms with E-state index < -0.39 is 8.07 Å². The van der Waals surface area contributed by atoms with Crippen molar-refractivity contribution >= 4 is 50.6 Å². The van der Waals surface area contributed by atoms with Crippen LogP contribution >= 0.6 is 0 Å². The Morgan fingerprint density at radius 3 is 1.40 bits per heavy atom. The number of nitrogens with zero attached hydrogens (tertiary/aromatic N) is 3. The third kappa shape index (κ3) is 4.48. The third-order valence-electron chi connectivity index (χ3n) is 9.42. The van der Waals surface area contributed by atoms with Gasteiger partial charge in [0.05, 0.1) is 40.0 Å². The zero-order valence-corrected chi connectivity index (χ0v) is 27.1. The van der Waals surface area contributed by atoms with Gasteiger partial charge in [-0.15, -0.1) is 0 Å². The molecule has 0 saturated heterocycles. The van der Waals surface area contributed by atoms with Gasteiger partial charge in [0.1, 0.15) is 0 Å². The van der Waals surface area contributed by atoms with Crippen molar-refractivity contribution in [2.75, 3.05) is 0 Å². The molecule has 0 radical (unpaired) electrons. The molecule has 0 aliphatic carbocycles. The minimum atomic E-state index is -3.13. The number of nitriles is 2. The Morgan fingerprint density at radius 2 is 0.896 bits per heavy atom. The first-order valence-electron chi connectivity index (χ1n) is 16.0. The van der Waals surface area contributed by atoms with Crippen molar-refractivity contribution in [3.05, 3.63) is 187 Å². The van der Waals surface area contributed by atoms with E-state index in [-0.39, 0.29) is 0 Å². The maximum atomic E-state index is 11.3. The second-order valence-corrected chi connectivity index (χ2v) is 15.7. The lowest BCUT2D eigenvalue weighted by atomic mass is 9.96. The molecule has 1 heterocycles. The van der Waals surface area contributed by atoms with Gasteiger partial charge >= 0.3 is 0 Å². The van der Waals surface area contributed by atoms with E-state index in [1.54, 1.807) is 0 Å². The zero-order chi connectivity index (χ0) is 32.5. The topological polar surface area (TPSA) is 52.5 Å². The Kier molecular flexibility index (Phi) is 7.27. The molecule has 8 aromatic rings. The fourth-order valence-corrected chi connectivity index (χ4v) is 12.4. The Balaban J connectivity index is 1.52. The summed E-state index contributed by atoms with van der Waals surface area (Å²) in [5.74, 6) is 0. The van der Waals surface area contributed by atoms with Crippen LogP contribution in [0.2, 0.25) is 0 Å². The van der Waals surface area contributed by atoms with Crippen LogP contribution in [0.4, 0.5) is 0 Å². The zero-order valence-electron chi connectivity index (χ0n) is 26.1. The maximum Gasteiger partial charge on any atom is 0.181 e. The van der Waals surface area contributed by atoms with E-state index in [0.717, 1.165) is 48.6 Å². The standard InChI is InChI=1S/C44H29N3Si/c45-30-32-28-39(38-24-12-15-27-43(38)47-41-25-13-10-22-36(41)37-23-11-14-26-42(37)47)40(31-46)44(29-32)48(33-16-4-1-5-17-33,34-18-6-2-7-19-34)35-20-8-3-9-21-35/h1-29H. The lowest BCUT2D eigenvalue weighted by molar-refractivity contribution is 1.18. The predicted molar refractivity (Wildman–Crippen MR) is 199 cm³/mol. The molecule has 0 amide bonds. The molecule has 0 N–H and O–H groups in total. The molecule has 0 unspecified atom stereocenters. The van der Waals surface area contributed by atoms with E-state index in [4.69, 9.17) is 0 Å². The lowest BCUT2D eigenvalue weighted by Crippen LogP contribution is -2.75. The molecule has 3 nitrogen and oxygen atoms in total. The number of benzene rings is 7. The van der Waals surface area contributed by atoms with Gasteiger partial charge in [-0.1, -0.05) is 146 Å². The van der Waals surface area contributed by atoms with Gasteiger partial charge in [-0.3, -0.25) is 0 Å². The average molecular weight is 628 g/mol. The van der Waals surface area contributed by atoms with Gasteiger partial charge in [-0.25, -0.2) is 0 Å². The van der Waals surface area contributed by atoms with Crippen molar-refractivity contribution in [1.82, 2.24) is 4.57 Å². The van der Waals surface area contributed by atoms with Crippen LogP contribution in [-0.4, -0.2) is 12.6 Å². The molecule has 0 bridgehead atoms. The van der Waals surface area contributed by atoms with Crippen molar-refractivity contribution < 1.29 is 0 Å². The highest BCUT2D eigenvalue weighted by Gasteiger charge is 2.44. The molecule has 0 fully saturated rings. The monoisotopic (exact) mass is 627 g/mol. The van der Waals surface area contributed by atoms with E-state index in [1.807, 2.05) is 42.5 Å². The summed E-state index contributed by atoms with van der Waals surface area (Å²) in [5, 5.41) is 28.5. The number of para-hydroxylation sites is 3. The molecular weight excluding hydrogens is 599 g/mol. The maximum absolute atomic E-state index is 11.3. The first-order chi connectivity index (χ1) is 23.8. The van der Waals surface area contributed by atoms with Crippen molar-refractivity contribution in [1.29, 1.82) is 10.5 Å². The fraction of sp³-hybridized carbons (Fsp3) is 0. The second kappa shape index (κ2) is 12.0. The van der Waals surface area contributed by atoms with Gasteiger partial charge in [0.15, 0.2) is 8.07 Å². The number of hydrogen-bond acceptors (Lipinski definition) is 2. The SMILES string of the molecule is N#Cc1cc(-c2ccccc2-n2c3ccccc3c3ccccc32)c(C#N)c([Si](c2ccccc2)(c2ccccc2)c2ccccc2)c1. The number of fused-ring (bicyclic) bond motifs is 3. The normalized spacial score (nSPS) is 11.3. The minimum Gasteiger partial charge on any atom is -0.309 e. The summed E-state index contributed by atoms with van der Waals surface area (Å²) >= 11 is 0. The predicted octanol–water partition coefficient (Wildman–Crippen LogP) is 7.57. The Labute approximate surface area is 280 Å². The molecule has 7 aromatic carbocycles. The smallest absolute Gasteiger partial charge is 0.181 e. The van der Waals surface area contributed by atoms with Gasteiger partial charge in [0.25, 0.3) is 0 Å². The van der Waals surface area contributed by atoms with Gasteiger partial charge in [-0.2, -0.15) is 10.5 Å². The van der Waals surface area contributed by atoms with E-state index in [0.29, 0.717) is 11.1 Å². The Hall–Kier alpha value is -6.46. The highest BCUT2D eigenvalue weighted by atomic mass is 28.3. The van der Waals surface area contributed by atoms with Crippen molar-refractivity contribution in [3.8, 4) is 29.0 Å². The summed E-state index contributed by atoms with van der Waals surface area (Å²) in [6.45, 7) is 0. The van der Waals surface area contributed by atoms with Crippen LogP contribution in [0.3, 0.4) is 0 Å². The van der Waals surface area contributed by atoms with Gasteiger partial charge in [0, 0.05) is 21.9 Å². The quantitative estimate of drug-likeness (QED) is 0.141. The summed E-state index contributed by atoms with van der Waals surface area (Å²) in [5.41, 5.74) is 5.89. The van der Waals surface area contributed by atoms with Crippen LogP contribution < -0.4 is 20.7 Å². The largest absolute Gasteiger partial charge is 0.309 e. The second-order valence-electron chi connectivity index (χ2n) is 11.9. The summed E-state index contributed by atoms with van der Waals surface area (Å²) in [7, 11) is -3.13. The summed E-state index contributed by atoms with van der Waals surface area (Å²) in [4.78, 5) is 0. The molecular formula is C44H29N3Si. The van der Waals surface area contributed by atoms with Gasteiger partial charge in [-0.05, 0) is 51.1 Å². The fourth-order valence-electron chi connectivity index (χ4n) is 7.44. The summed E-state index contributed by atoms with van der Waals surface area (Å²) in [6, 6.07) is 65.8. The van der Waals surface area contributed by atoms with Crippen LogP contribution in [-0.2, 0) is 0 Å². The number of rotatable bonds is 6. The summed E-state index contributed by atoms with van der Waals surface area (Å²) in [6.07, 6.45) is 0. The van der Waals surface area contributed by atoms with Crippen LogP contribution in [0.1, 0.15) is 11.1 Å². The van der Waals surface area contributed by atoms with Crippen molar-refractivity contribution in [2.24, 2.45) is 0 Å². The minimum absolute atomic E-state index is 0.524. The van der Waals surface area contributed by atoms with Crippen LogP contribution in [0, 0.1) is 22.7 Å². The van der Waals surface area contributed by atoms with E-state index in [2.05, 4.69) is 150 Å². The van der Waals surface area contributed by atoms with Gasteiger partial charge in [0.2, 0.25) is 0 Å². The van der Waals surface area contributed by atoms with Crippen LogP contribution in [0.15, 0.2) is 176 Å². The van der Waals surface area contributed by atoms with Crippen molar-refractivity contribution in [2.45, 2.75) is 0 Å². The molecule has 0 aliphatic rings. The molecule has 8 rings (SSSR count). The summed E-state index contributed by atoms with van der Waals surface area (Å²) < 4.78 is 2.29. The molecule has 0 saturated carbocycles. The van der Waals surface area contributed by atoms with E-state index in [1.165, 1.54) is 10.8 Å². The Morgan fingerprint density at radius 1 is 0.438 bits per heavy atom. The first-order valence-corrected chi connectivity index (χ1v) is 18.0. The number of aromatic nitrogens is 1. The van der Waals surface area contributed by atoms with Crippen LogP contribution in [0.25, 0.3) is 38.6 Å². The highest BCUT2D eigenvalue weighted by Crippen LogP contribution is 2.37. The highest BCUT2D eigenvalue weighted by molar-refractivity contribution is 7.20. The average Bonchev–Trinajstić information content (AvgIpc) is 3.50. The number of hydrogen-bond donors (Lipinski definition) is 0. The van der Waals surface area contributed by atoms with Crippen LogP contribution in [0.5, 0.6) is 0 Å². The van der Waals surface area contributed by atoms with Gasteiger partial charge < -0.3 is 4.57 Å². The molecule has 224 valence electrons. The third-order valence-corrected chi connectivity index (χ3v) is 14.2. The Bertz CT molecular complexity index is 2370. The molecule has 48 heavy (non-hydrogen) atoms. The lowest BCUT2D eigenvalue weighted by Gasteiger charge is -2.35. The first kappa shape index (κ1) is 29.0. The molecule has 1 aromatic heterocycles. The van der Waals surface area contributed by atoms with E-state index in [9.17, 15) is 10.5 Å². The molecule has 0 spiro atoms. The van der Waals surface area contributed by atoms with Crippen molar-refractivity contribution in [3.63, 3.8) is 0 Å². The van der Waals surface area contributed by atoms with E-state index >= 15 is 0 Å². The molecule has 0 atom stereocenters. The molecule has 4 heteroatoms.